The Morgan fingerprint density at radius 2 is 1.90 bits per heavy atom. The Morgan fingerprint density at radius 1 is 1.25 bits per heavy atom. The van der Waals surface area contributed by atoms with E-state index in [0.717, 1.165) is 12.3 Å². The van der Waals surface area contributed by atoms with Gasteiger partial charge in [0.2, 0.25) is 0 Å². The first-order valence-electron chi connectivity index (χ1n) is 5.54. The molecule has 7 heteroatoms. The van der Waals surface area contributed by atoms with Crippen molar-refractivity contribution in [3.05, 3.63) is 54.0 Å². The summed E-state index contributed by atoms with van der Waals surface area (Å²) in [4.78, 5) is 15.1. The van der Waals surface area contributed by atoms with Crippen LogP contribution in [0.4, 0.5) is 4.39 Å². The maximum Gasteiger partial charge on any atom is 0.337 e. The summed E-state index contributed by atoms with van der Waals surface area (Å²) in [5.74, 6) is -1.09. The molecule has 0 saturated heterocycles. The third kappa shape index (κ3) is 2.67. The SMILES string of the molecule is COC(=O)c1ccc(S(=N)(=O)c2ccc(F)cn2)cc1. The fraction of sp³-hybridized carbons (Fsp3) is 0.0769. The van der Waals surface area contributed by atoms with Crippen LogP contribution in [0.15, 0.2) is 52.5 Å². The topological polar surface area (TPSA) is 80.1 Å². The van der Waals surface area contributed by atoms with E-state index in [-0.39, 0.29) is 9.92 Å². The Bertz CT molecular complexity index is 725. The van der Waals surface area contributed by atoms with Crippen molar-refractivity contribution in [2.75, 3.05) is 7.11 Å². The van der Waals surface area contributed by atoms with E-state index in [2.05, 4.69) is 9.72 Å². The molecule has 5 nitrogen and oxygen atoms in total. The fourth-order valence-electron chi connectivity index (χ4n) is 1.55. The summed E-state index contributed by atoms with van der Waals surface area (Å²) in [6.07, 6.45) is 0.909. The summed E-state index contributed by atoms with van der Waals surface area (Å²) in [6, 6.07) is 7.93. The minimum Gasteiger partial charge on any atom is -0.465 e. The van der Waals surface area contributed by atoms with Gasteiger partial charge in [-0.1, -0.05) is 0 Å². The van der Waals surface area contributed by atoms with Gasteiger partial charge in [-0.3, -0.25) is 0 Å². The second-order valence-corrected chi connectivity index (χ2v) is 5.89. The predicted molar refractivity (Wildman–Crippen MR) is 69.4 cm³/mol. The zero-order valence-electron chi connectivity index (χ0n) is 10.5. The highest BCUT2D eigenvalue weighted by atomic mass is 32.2. The van der Waals surface area contributed by atoms with Crippen LogP contribution < -0.4 is 0 Å². The van der Waals surface area contributed by atoms with Gasteiger partial charge >= 0.3 is 5.97 Å². The minimum absolute atomic E-state index is 0.0373. The first-order valence-corrected chi connectivity index (χ1v) is 7.10. The average molecular weight is 294 g/mol. The number of rotatable bonds is 3. The molecule has 104 valence electrons. The van der Waals surface area contributed by atoms with E-state index in [9.17, 15) is 13.4 Å². The molecule has 2 rings (SSSR count). The van der Waals surface area contributed by atoms with Crippen LogP contribution in [0, 0.1) is 10.6 Å². The highest BCUT2D eigenvalue weighted by Crippen LogP contribution is 2.20. The van der Waals surface area contributed by atoms with Crippen molar-refractivity contribution in [1.82, 2.24) is 4.98 Å². The minimum atomic E-state index is -3.33. The van der Waals surface area contributed by atoms with Crippen molar-refractivity contribution >= 4 is 15.7 Å². The highest BCUT2D eigenvalue weighted by molar-refractivity contribution is 7.92. The Morgan fingerprint density at radius 3 is 2.40 bits per heavy atom. The number of pyridine rings is 1. The molecule has 20 heavy (non-hydrogen) atoms. The van der Waals surface area contributed by atoms with Gasteiger partial charge in [0.15, 0.2) is 0 Å². The summed E-state index contributed by atoms with van der Waals surface area (Å²) in [7, 11) is -2.08. The molecule has 0 fully saturated rings. The van der Waals surface area contributed by atoms with Crippen LogP contribution in [0.3, 0.4) is 0 Å². The Labute approximate surface area is 115 Å². The van der Waals surface area contributed by atoms with Gasteiger partial charge in [-0.25, -0.2) is 23.2 Å². The van der Waals surface area contributed by atoms with Crippen molar-refractivity contribution in [3.8, 4) is 0 Å². The molecule has 0 bridgehead atoms. The number of halogens is 1. The summed E-state index contributed by atoms with van der Waals surface area (Å²) in [5, 5.41) is -0.0373. The molecule has 1 aromatic carbocycles. The highest BCUT2D eigenvalue weighted by Gasteiger charge is 2.16. The van der Waals surface area contributed by atoms with Crippen molar-refractivity contribution in [1.29, 1.82) is 4.78 Å². The predicted octanol–water partition coefficient (Wildman–Crippen LogP) is 2.47. The number of methoxy groups -OCH3 is 1. The van der Waals surface area contributed by atoms with Gasteiger partial charge in [0.05, 0.1) is 23.8 Å². The molecule has 0 aliphatic heterocycles. The van der Waals surface area contributed by atoms with Crippen LogP contribution in [0.5, 0.6) is 0 Å². The van der Waals surface area contributed by atoms with Gasteiger partial charge in [0.25, 0.3) is 0 Å². The van der Waals surface area contributed by atoms with Crippen molar-refractivity contribution < 1.29 is 18.1 Å². The largest absolute Gasteiger partial charge is 0.465 e. The van der Waals surface area contributed by atoms with E-state index < -0.39 is 21.5 Å². The molecule has 1 atom stereocenters. The van der Waals surface area contributed by atoms with E-state index in [0.29, 0.717) is 5.56 Å². The number of carbonyl (C=O) groups is 1. The standard InChI is InChI=1S/C13H11FN2O3S/c1-19-13(17)9-2-5-11(6-3-9)20(15,18)12-7-4-10(14)8-16-12/h2-8,15H,1H3. The van der Waals surface area contributed by atoms with E-state index in [4.69, 9.17) is 4.78 Å². The van der Waals surface area contributed by atoms with Crippen molar-refractivity contribution in [2.45, 2.75) is 9.92 Å². The monoisotopic (exact) mass is 294 g/mol. The number of benzene rings is 1. The molecule has 0 aliphatic carbocycles. The third-order valence-electron chi connectivity index (χ3n) is 2.60. The van der Waals surface area contributed by atoms with Crippen LogP contribution in [0.1, 0.15) is 10.4 Å². The second-order valence-electron chi connectivity index (χ2n) is 3.89. The summed E-state index contributed by atoms with van der Waals surface area (Å²) in [6.45, 7) is 0. The van der Waals surface area contributed by atoms with Crippen molar-refractivity contribution in [3.63, 3.8) is 0 Å². The van der Waals surface area contributed by atoms with E-state index in [1.165, 1.54) is 37.4 Å². The van der Waals surface area contributed by atoms with Gasteiger partial charge in [-0.2, -0.15) is 0 Å². The maximum atomic E-state index is 12.8. The quantitative estimate of drug-likeness (QED) is 0.882. The molecule has 1 aromatic heterocycles. The van der Waals surface area contributed by atoms with Gasteiger partial charge in [0.1, 0.15) is 20.6 Å². The molecular formula is C13H11FN2O3S. The average Bonchev–Trinajstić information content (AvgIpc) is 2.47. The van der Waals surface area contributed by atoms with E-state index in [1.54, 1.807) is 0 Å². The number of ether oxygens (including phenoxy) is 1. The van der Waals surface area contributed by atoms with Crippen LogP contribution in [-0.4, -0.2) is 22.3 Å². The lowest BCUT2D eigenvalue weighted by molar-refractivity contribution is 0.0600. The summed E-state index contributed by atoms with van der Waals surface area (Å²) in [5.41, 5.74) is 0.290. The lowest BCUT2D eigenvalue weighted by Gasteiger charge is -2.07. The fourth-order valence-corrected chi connectivity index (χ4v) is 2.78. The first kappa shape index (κ1) is 14.1. The molecule has 0 saturated carbocycles. The maximum absolute atomic E-state index is 12.8. The van der Waals surface area contributed by atoms with E-state index >= 15 is 0 Å². The van der Waals surface area contributed by atoms with Gasteiger partial charge in [-0.15, -0.1) is 0 Å². The molecule has 2 aromatic rings. The van der Waals surface area contributed by atoms with Crippen molar-refractivity contribution in [2.24, 2.45) is 0 Å². The van der Waals surface area contributed by atoms with Gasteiger partial charge < -0.3 is 4.74 Å². The van der Waals surface area contributed by atoms with Crippen LogP contribution in [0.25, 0.3) is 0 Å². The Hall–Kier alpha value is -2.28. The van der Waals surface area contributed by atoms with E-state index in [1.807, 2.05) is 0 Å². The molecule has 0 amide bonds. The third-order valence-corrected chi connectivity index (χ3v) is 4.37. The van der Waals surface area contributed by atoms with Crippen LogP contribution >= 0.6 is 0 Å². The number of aromatic nitrogens is 1. The zero-order valence-corrected chi connectivity index (χ0v) is 11.3. The van der Waals surface area contributed by atoms with Crippen LogP contribution in [-0.2, 0) is 14.5 Å². The number of esters is 1. The Balaban J connectivity index is 2.40. The number of hydrogen-bond acceptors (Lipinski definition) is 5. The van der Waals surface area contributed by atoms with Crippen LogP contribution in [0.2, 0.25) is 0 Å². The molecule has 1 heterocycles. The molecular weight excluding hydrogens is 283 g/mol. The first-order chi connectivity index (χ1) is 9.45. The number of nitrogens with one attached hydrogen (secondary N) is 1. The number of hydrogen-bond donors (Lipinski definition) is 1. The number of nitrogens with zero attached hydrogens (tertiary/aromatic N) is 1. The molecule has 1 unspecified atom stereocenters. The summed E-state index contributed by atoms with van der Waals surface area (Å²) < 4.78 is 37.7. The van der Waals surface area contributed by atoms with Gasteiger partial charge in [0, 0.05) is 0 Å². The molecule has 0 spiro atoms. The summed E-state index contributed by atoms with van der Waals surface area (Å²) >= 11 is 0. The van der Waals surface area contributed by atoms with Gasteiger partial charge in [-0.05, 0) is 36.4 Å². The molecule has 0 aliphatic rings. The lowest BCUT2D eigenvalue weighted by Crippen LogP contribution is -2.05. The second kappa shape index (κ2) is 5.38. The smallest absolute Gasteiger partial charge is 0.337 e. The molecule has 0 radical (unpaired) electrons. The lowest BCUT2D eigenvalue weighted by atomic mass is 10.2. The number of carbonyl (C=O) groups excluding carboxylic acids is 1. The zero-order chi connectivity index (χ0) is 14.8. The molecule has 1 N–H and O–H groups in total. The Kier molecular flexibility index (Phi) is 3.80. The normalized spacial score (nSPS) is 13.5.